The van der Waals surface area contributed by atoms with Gasteiger partial charge < -0.3 is 4.90 Å². The van der Waals surface area contributed by atoms with Crippen LogP contribution in [0.2, 0.25) is 0 Å². The Morgan fingerprint density at radius 2 is 1.60 bits per heavy atom. The lowest BCUT2D eigenvalue weighted by Gasteiger charge is -2.17. The minimum Gasteiger partial charge on any atom is -0.372 e. The summed E-state index contributed by atoms with van der Waals surface area (Å²) >= 11 is 0. The van der Waals surface area contributed by atoms with Gasteiger partial charge in [0.05, 0.1) is 5.70 Å². The third-order valence-electron chi connectivity index (χ3n) is 2.93. The van der Waals surface area contributed by atoms with E-state index in [0.29, 0.717) is 0 Å². The number of rotatable bonds is 9. The van der Waals surface area contributed by atoms with E-state index >= 15 is 0 Å². The molecule has 0 aliphatic rings. The van der Waals surface area contributed by atoms with Gasteiger partial charge in [-0.3, -0.25) is 0 Å². The Morgan fingerprint density at radius 3 is 2.13 bits per heavy atom. The Balaban J connectivity index is 3.27. The van der Waals surface area contributed by atoms with Crippen molar-refractivity contribution in [2.24, 2.45) is 0 Å². The number of hydrogen-bond acceptors (Lipinski definition) is 1. The van der Waals surface area contributed by atoms with Crippen LogP contribution in [0.25, 0.3) is 0 Å². The molecule has 0 rings (SSSR count). The maximum absolute atomic E-state index is 3.66. The van der Waals surface area contributed by atoms with Gasteiger partial charge in [-0.25, -0.2) is 0 Å². The van der Waals surface area contributed by atoms with Crippen LogP contribution >= 0.6 is 0 Å². The Kier molecular flexibility index (Phi) is 9.41. The van der Waals surface area contributed by atoms with Gasteiger partial charge in [-0.2, -0.15) is 0 Å². The van der Waals surface area contributed by atoms with Gasteiger partial charge in [-0.1, -0.05) is 52.0 Å². The standard InChI is InChI=1S/C14H27N/c1-5-7-8-9-10-11-12-13-15(4)14(3)6-2/h2,5,7-13H2,1,3-4H3. The van der Waals surface area contributed by atoms with Crippen LogP contribution in [0.1, 0.15) is 58.8 Å². The monoisotopic (exact) mass is 209 g/mol. The summed E-state index contributed by atoms with van der Waals surface area (Å²) in [5.41, 5.74) is 4.08. The van der Waals surface area contributed by atoms with Crippen LogP contribution in [0.15, 0.2) is 18.0 Å². The molecule has 15 heavy (non-hydrogen) atoms. The molecule has 0 fully saturated rings. The molecule has 0 atom stereocenters. The molecular weight excluding hydrogens is 182 g/mol. The lowest BCUT2D eigenvalue weighted by Crippen LogP contribution is -2.16. The minimum atomic E-state index is 1.14. The molecule has 0 aromatic carbocycles. The van der Waals surface area contributed by atoms with Crippen molar-refractivity contribution < 1.29 is 0 Å². The van der Waals surface area contributed by atoms with Crippen LogP contribution in [0.3, 0.4) is 0 Å². The molecule has 0 aliphatic heterocycles. The molecule has 0 aliphatic carbocycles. The molecule has 1 heteroatoms. The lowest BCUT2D eigenvalue weighted by atomic mass is 10.1. The highest BCUT2D eigenvalue weighted by atomic mass is 15.1. The summed E-state index contributed by atoms with van der Waals surface area (Å²) in [6.07, 6.45) is 9.61. The van der Waals surface area contributed by atoms with Gasteiger partial charge >= 0.3 is 0 Å². The SMILES string of the molecule is C=C=C(C)N(C)CCCCCCCCC. The van der Waals surface area contributed by atoms with Gasteiger partial charge in [0, 0.05) is 13.6 Å². The zero-order valence-electron chi connectivity index (χ0n) is 10.8. The van der Waals surface area contributed by atoms with Crippen molar-refractivity contribution in [3.8, 4) is 0 Å². The smallest absolute Gasteiger partial charge is 0.0523 e. The van der Waals surface area contributed by atoms with Crippen LogP contribution in [-0.4, -0.2) is 18.5 Å². The fraction of sp³-hybridized carbons (Fsp3) is 0.786. The van der Waals surface area contributed by atoms with Gasteiger partial charge in [0.2, 0.25) is 0 Å². The first-order valence-corrected chi connectivity index (χ1v) is 6.30. The molecule has 1 nitrogen and oxygen atoms in total. The fourth-order valence-corrected chi connectivity index (χ4v) is 1.61. The maximum atomic E-state index is 3.66. The largest absolute Gasteiger partial charge is 0.372 e. The summed E-state index contributed by atoms with van der Waals surface area (Å²) in [6.45, 7) is 9.12. The molecule has 0 spiro atoms. The van der Waals surface area contributed by atoms with Crippen molar-refractivity contribution in [3.05, 3.63) is 18.0 Å². The molecule has 0 heterocycles. The van der Waals surface area contributed by atoms with E-state index in [1.807, 2.05) is 0 Å². The highest BCUT2D eigenvalue weighted by Gasteiger charge is 1.97. The molecule has 0 aromatic heterocycles. The first-order chi connectivity index (χ1) is 7.22. The Labute approximate surface area is 95.9 Å². The number of allylic oxidation sites excluding steroid dienone is 1. The van der Waals surface area contributed by atoms with Gasteiger partial charge in [0.25, 0.3) is 0 Å². The lowest BCUT2D eigenvalue weighted by molar-refractivity contribution is 0.399. The van der Waals surface area contributed by atoms with E-state index in [1.54, 1.807) is 0 Å². The first kappa shape index (κ1) is 14.3. The van der Waals surface area contributed by atoms with Crippen LogP contribution in [0, 0.1) is 0 Å². The van der Waals surface area contributed by atoms with E-state index in [2.05, 4.69) is 38.1 Å². The predicted molar refractivity (Wildman–Crippen MR) is 69.0 cm³/mol. The van der Waals surface area contributed by atoms with E-state index in [0.717, 1.165) is 12.2 Å². The number of unbranched alkanes of at least 4 members (excludes halogenated alkanes) is 6. The molecule has 0 bridgehead atoms. The molecule has 0 unspecified atom stereocenters. The van der Waals surface area contributed by atoms with Crippen molar-refractivity contribution in [2.75, 3.05) is 13.6 Å². The summed E-state index contributed by atoms with van der Waals surface area (Å²) in [7, 11) is 2.12. The van der Waals surface area contributed by atoms with E-state index in [1.165, 1.54) is 44.9 Å². The predicted octanol–water partition coefficient (Wildman–Crippen LogP) is 4.36. The molecule has 0 saturated carbocycles. The molecule has 0 amide bonds. The van der Waals surface area contributed by atoms with E-state index in [-0.39, 0.29) is 0 Å². The van der Waals surface area contributed by atoms with E-state index in [9.17, 15) is 0 Å². The summed E-state index contributed by atoms with van der Waals surface area (Å²) in [4.78, 5) is 2.24. The van der Waals surface area contributed by atoms with Gasteiger partial charge in [0.15, 0.2) is 0 Å². The zero-order chi connectivity index (χ0) is 11.5. The van der Waals surface area contributed by atoms with Crippen molar-refractivity contribution >= 4 is 0 Å². The van der Waals surface area contributed by atoms with Crippen LogP contribution < -0.4 is 0 Å². The first-order valence-electron chi connectivity index (χ1n) is 6.30. The summed E-state index contributed by atoms with van der Waals surface area (Å²) < 4.78 is 0. The summed E-state index contributed by atoms with van der Waals surface area (Å²) in [5, 5.41) is 0. The van der Waals surface area contributed by atoms with Crippen molar-refractivity contribution in [3.63, 3.8) is 0 Å². The van der Waals surface area contributed by atoms with Crippen molar-refractivity contribution in [2.45, 2.75) is 58.8 Å². The quantitative estimate of drug-likeness (QED) is 0.403. The van der Waals surface area contributed by atoms with Crippen LogP contribution in [0.5, 0.6) is 0 Å². The number of nitrogens with zero attached hydrogens (tertiary/aromatic N) is 1. The summed E-state index contributed by atoms with van der Waals surface area (Å²) in [6, 6.07) is 0. The van der Waals surface area contributed by atoms with Gasteiger partial charge in [-0.15, -0.1) is 5.73 Å². The van der Waals surface area contributed by atoms with Crippen molar-refractivity contribution in [1.29, 1.82) is 0 Å². The third kappa shape index (κ3) is 8.32. The highest BCUT2D eigenvalue weighted by molar-refractivity contribution is 4.91. The molecule has 88 valence electrons. The average molecular weight is 209 g/mol. The number of hydrogen-bond donors (Lipinski definition) is 0. The normalized spacial score (nSPS) is 9.80. The highest BCUT2D eigenvalue weighted by Crippen LogP contribution is 2.08. The topological polar surface area (TPSA) is 3.24 Å². The molecule has 0 N–H and O–H groups in total. The Morgan fingerprint density at radius 1 is 1.07 bits per heavy atom. The van der Waals surface area contributed by atoms with E-state index in [4.69, 9.17) is 0 Å². The second-order valence-electron chi connectivity index (χ2n) is 4.31. The Bertz CT molecular complexity index is 190. The minimum absolute atomic E-state index is 1.14. The fourth-order valence-electron chi connectivity index (χ4n) is 1.61. The molecule has 0 aromatic rings. The molecule has 0 saturated heterocycles. The third-order valence-corrected chi connectivity index (χ3v) is 2.93. The Hall–Kier alpha value is -0.680. The van der Waals surface area contributed by atoms with Crippen LogP contribution in [-0.2, 0) is 0 Å². The zero-order valence-corrected chi connectivity index (χ0v) is 10.8. The second-order valence-corrected chi connectivity index (χ2v) is 4.31. The van der Waals surface area contributed by atoms with Crippen molar-refractivity contribution in [1.82, 2.24) is 4.90 Å². The molecular formula is C14H27N. The maximum Gasteiger partial charge on any atom is 0.0523 e. The second kappa shape index (κ2) is 9.86. The van der Waals surface area contributed by atoms with E-state index < -0.39 is 0 Å². The van der Waals surface area contributed by atoms with Crippen LogP contribution in [0.4, 0.5) is 0 Å². The van der Waals surface area contributed by atoms with Gasteiger partial charge in [-0.05, 0) is 13.3 Å². The summed E-state index contributed by atoms with van der Waals surface area (Å²) in [5.74, 6) is 0. The van der Waals surface area contributed by atoms with Gasteiger partial charge in [0.1, 0.15) is 0 Å². The average Bonchev–Trinajstić information content (AvgIpc) is 2.26. The molecule has 0 radical (unpaired) electrons.